The zero-order chi connectivity index (χ0) is 13.5. The predicted octanol–water partition coefficient (Wildman–Crippen LogP) is 2.54. The first kappa shape index (κ1) is 15.5. The first-order valence-electron chi connectivity index (χ1n) is 6.34. The molecule has 1 fully saturated rings. The van der Waals surface area contributed by atoms with E-state index in [-0.39, 0.29) is 11.9 Å². The van der Waals surface area contributed by atoms with E-state index in [0.29, 0.717) is 31.0 Å². The minimum atomic E-state index is -0.229. The molecule has 0 aromatic rings. The molecular weight excluding hydrogens is 300 g/mol. The number of rotatable bonds is 5. The number of carbonyl (C=O) groups is 2. The second-order valence-electron chi connectivity index (χ2n) is 5.06. The van der Waals surface area contributed by atoms with Gasteiger partial charge >= 0.3 is 11.9 Å². The third-order valence-electron chi connectivity index (χ3n) is 3.26. The average molecular weight is 321 g/mol. The zero-order valence-corrected chi connectivity index (χ0v) is 12.6. The van der Waals surface area contributed by atoms with Gasteiger partial charge in [0.15, 0.2) is 0 Å². The molecule has 0 aromatic heterocycles. The summed E-state index contributed by atoms with van der Waals surface area (Å²) in [6.07, 6.45) is 3.09. The van der Waals surface area contributed by atoms with Crippen molar-refractivity contribution in [1.29, 1.82) is 0 Å². The Morgan fingerprint density at radius 1 is 0.944 bits per heavy atom. The lowest BCUT2D eigenvalue weighted by molar-refractivity contribution is -0.144. The van der Waals surface area contributed by atoms with Crippen molar-refractivity contribution in [1.82, 2.24) is 0 Å². The Bertz CT molecular complexity index is 267. The number of ether oxygens (including phenoxy) is 2. The summed E-state index contributed by atoms with van der Waals surface area (Å²) in [5, 5.41) is 0.945. The number of esters is 2. The predicted molar refractivity (Wildman–Crippen MR) is 71.4 cm³/mol. The quantitative estimate of drug-likeness (QED) is 0.577. The topological polar surface area (TPSA) is 52.6 Å². The van der Waals surface area contributed by atoms with Gasteiger partial charge in [0.1, 0.15) is 0 Å². The first-order valence-corrected chi connectivity index (χ1v) is 7.46. The summed E-state index contributed by atoms with van der Waals surface area (Å²) < 4.78 is 10.2. The Labute approximate surface area is 117 Å². The van der Waals surface area contributed by atoms with E-state index >= 15 is 0 Å². The second kappa shape index (κ2) is 7.77. The van der Waals surface area contributed by atoms with Gasteiger partial charge in [-0.05, 0) is 37.0 Å². The van der Waals surface area contributed by atoms with Crippen LogP contribution in [0, 0.1) is 17.8 Å². The molecule has 2 unspecified atom stereocenters. The number of hydrogen-bond acceptors (Lipinski definition) is 4. The third kappa shape index (κ3) is 5.85. The fraction of sp³-hybridized carbons (Fsp3) is 0.846. The Morgan fingerprint density at radius 3 is 1.67 bits per heavy atom. The van der Waals surface area contributed by atoms with Crippen LogP contribution in [0.1, 0.15) is 33.1 Å². The van der Waals surface area contributed by atoms with Crippen molar-refractivity contribution >= 4 is 27.9 Å². The van der Waals surface area contributed by atoms with Gasteiger partial charge in [-0.2, -0.15) is 0 Å². The summed E-state index contributed by atoms with van der Waals surface area (Å²) in [7, 11) is 0. The zero-order valence-electron chi connectivity index (χ0n) is 11.0. The molecule has 2 atom stereocenters. The fourth-order valence-electron chi connectivity index (χ4n) is 2.57. The van der Waals surface area contributed by atoms with Gasteiger partial charge in [0.05, 0.1) is 13.2 Å². The highest BCUT2D eigenvalue weighted by Gasteiger charge is 2.29. The lowest BCUT2D eigenvalue weighted by atomic mass is 9.76. The van der Waals surface area contributed by atoms with Crippen molar-refractivity contribution in [2.24, 2.45) is 17.8 Å². The summed E-state index contributed by atoms with van der Waals surface area (Å²) in [6, 6.07) is 0. The number of carbonyl (C=O) groups excluding carboxylic acids is 2. The molecule has 0 heterocycles. The smallest absolute Gasteiger partial charge is 0.302 e. The molecule has 1 rings (SSSR count). The molecule has 4 nitrogen and oxygen atoms in total. The summed E-state index contributed by atoms with van der Waals surface area (Å²) in [6.45, 7) is 3.83. The number of halogens is 1. The minimum Gasteiger partial charge on any atom is -0.466 e. The molecule has 0 radical (unpaired) electrons. The van der Waals surface area contributed by atoms with E-state index in [1.54, 1.807) is 0 Å². The average Bonchev–Trinajstić information content (AvgIpc) is 2.33. The third-order valence-corrected chi connectivity index (χ3v) is 4.18. The first-order chi connectivity index (χ1) is 8.51. The van der Waals surface area contributed by atoms with Crippen molar-refractivity contribution in [3.8, 4) is 0 Å². The highest BCUT2D eigenvalue weighted by Crippen LogP contribution is 2.34. The number of alkyl halides is 1. The summed E-state index contributed by atoms with van der Waals surface area (Å²) in [5.41, 5.74) is 0. The molecule has 1 aliphatic rings. The van der Waals surface area contributed by atoms with E-state index in [4.69, 9.17) is 9.47 Å². The second-order valence-corrected chi connectivity index (χ2v) is 5.71. The molecule has 0 aliphatic heterocycles. The van der Waals surface area contributed by atoms with E-state index in [1.165, 1.54) is 13.8 Å². The molecule has 104 valence electrons. The fourth-order valence-corrected chi connectivity index (χ4v) is 3.10. The van der Waals surface area contributed by atoms with Crippen LogP contribution in [0.2, 0.25) is 0 Å². The van der Waals surface area contributed by atoms with Gasteiger partial charge < -0.3 is 9.47 Å². The maximum Gasteiger partial charge on any atom is 0.302 e. The molecule has 18 heavy (non-hydrogen) atoms. The molecule has 0 spiro atoms. The van der Waals surface area contributed by atoms with Crippen molar-refractivity contribution < 1.29 is 19.1 Å². The molecule has 0 amide bonds. The molecule has 0 saturated heterocycles. The normalized spacial score (nSPS) is 27.6. The molecular formula is C13H21BrO4. The Balaban J connectivity index is 2.43. The van der Waals surface area contributed by atoms with E-state index in [1.807, 2.05) is 0 Å². The molecule has 0 aromatic carbocycles. The lowest BCUT2D eigenvalue weighted by Crippen LogP contribution is -2.30. The maximum atomic E-state index is 10.8. The van der Waals surface area contributed by atoms with Crippen molar-refractivity contribution in [3.63, 3.8) is 0 Å². The van der Waals surface area contributed by atoms with Crippen LogP contribution in [0.3, 0.4) is 0 Å². The Morgan fingerprint density at radius 2 is 1.33 bits per heavy atom. The van der Waals surface area contributed by atoms with Gasteiger partial charge in [0, 0.05) is 19.2 Å². The minimum absolute atomic E-state index is 0.229. The highest BCUT2D eigenvalue weighted by atomic mass is 79.9. The SMILES string of the molecule is CC(=O)OCC1CC(CBr)CC(COC(C)=O)C1. The van der Waals surface area contributed by atoms with Crippen LogP contribution in [-0.2, 0) is 19.1 Å². The van der Waals surface area contributed by atoms with E-state index in [2.05, 4.69) is 15.9 Å². The van der Waals surface area contributed by atoms with E-state index in [0.717, 1.165) is 24.6 Å². The van der Waals surface area contributed by atoms with E-state index < -0.39 is 0 Å². The highest BCUT2D eigenvalue weighted by molar-refractivity contribution is 9.09. The van der Waals surface area contributed by atoms with Gasteiger partial charge in [-0.1, -0.05) is 15.9 Å². The van der Waals surface area contributed by atoms with Gasteiger partial charge in [0.2, 0.25) is 0 Å². The molecule has 1 saturated carbocycles. The van der Waals surface area contributed by atoms with Crippen LogP contribution in [0.25, 0.3) is 0 Å². The van der Waals surface area contributed by atoms with Crippen LogP contribution in [0.15, 0.2) is 0 Å². The van der Waals surface area contributed by atoms with Gasteiger partial charge in [-0.25, -0.2) is 0 Å². The van der Waals surface area contributed by atoms with Crippen LogP contribution >= 0.6 is 15.9 Å². The van der Waals surface area contributed by atoms with Gasteiger partial charge in [0.25, 0.3) is 0 Å². The van der Waals surface area contributed by atoms with Crippen LogP contribution in [0.5, 0.6) is 0 Å². The Hall–Kier alpha value is -0.580. The molecule has 0 bridgehead atoms. The summed E-state index contributed by atoms with van der Waals surface area (Å²) in [4.78, 5) is 21.7. The largest absolute Gasteiger partial charge is 0.466 e. The standard InChI is InChI=1S/C13H21BrO4/c1-9(15)17-7-12-3-11(6-14)4-13(5-12)8-18-10(2)16/h11-13H,3-8H2,1-2H3. The summed E-state index contributed by atoms with van der Waals surface area (Å²) >= 11 is 3.51. The Kier molecular flexibility index (Phi) is 6.68. The van der Waals surface area contributed by atoms with Gasteiger partial charge in [-0.3, -0.25) is 9.59 Å². The molecule has 1 aliphatic carbocycles. The molecule has 5 heteroatoms. The van der Waals surface area contributed by atoms with Crippen LogP contribution < -0.4 is 0 Å². The van der Waals surface area contributed by atoms with Crippen molar-refractivity contribution in [2.75, 3.05) is 18.5 Å². The van der Waals surface area contributed by atoms with E-state index in [9.17, 15) is 9.59 Å². The summed E-state index contributed by atoms with van der Waals surface area (Å²) in [5.74, 6) is 0.872. The van der Waals surface area contributed by atoms with Crippen LogP contribution in [-0.4, -0.2) is 30.5 Å². The number of hydrogen-bond donors (Lipinski definition) is 0. The van der Waals surface area contributed by atoms with Crippen LogP contribution in [0.4, 0.5) is 0 Å². The monoisotopic (exact) mass is 320 g/mol. The maximum absolute atomic E-state index is 10.8. The van der Waals surface area contributed by atoms with Crippen molar-refractivity contribution in [3.05, 3.63) is 0 Å². The lowest BCUT2D eigenvalue weighted by Gasteiger charge is -2.33. The molecule has 0 N–H and O–H groups in total. The van der Waals surface area contributed by atoms with Crippen molar-refractivity contribution in [2.45, 2.75) is 33.1 Å². The van der Waals surface area contributed by atoms with Gasteiger partial charge in [-0.15, -0.1) is 0 Å².